The minimum Gasteiger partial charge on any atom is -0.350 e. The summed E-state index contributed by atoms with van der Waals surface area (Å²) < 4.78 is 11.5. The second-order valence-corrected chi connectivity index (χ2v) is 4.41. The molecular formula is C10H18O2. The third-order valence-electron chi connectivity index (χ3n) is 2.92. The van der Waals surface area contributed by atoms with Crippen molar-refractivity contribution in [3.63, 3.8) is 0 Å². The average molecular weight is 170 g/mol. The molecule has 0 amide bonds. The molecule has 2 aliphatic rings. The molecule has 70 valence electrons. The van der Waals surface area contributed by atoms with Gasteiger partial charge in [0.15, 0.2) is 5.79 Å². The Morgan fingerprint density at radius 1 is 1.17 bits per heavy atom. The van der Waals surface area contributed by atoms with E-state index >= 15 is 0 Å². The van der Waals surface area contributed by atoms with Crippen molar-refractivity contribution in [3.05, 3.63) is 0 Å². The van der Waals surface area contributed by atoms with Crippen molar-refractivity contribution in [1.82, 2.24) is 0 Å². The molecule has 0 spiro atoms. The van der Waals surface area contributed by atoms with Gasteiger partial charge in [-0.2, -0.15) is 0 Å². The predicted molar refractivity (Wildman–Crippen MR) is 46.9 cm³/mol. The van der Waals surface area contributed by atoms with Crippen LogP contribution >= 0.6 is 0 Å². The largest absolute Gasteiger partial charge is 0.350 e. The van der Waals surface area contributed by atoms with Gasteiger partial charge in [0, 0.05) is 5.92 Å². The summed E-state index contributed by atoms with van der Waals surface area (Å²) in [6.07, 6.45) is 5.69. The van der Waals surface area contributed by atoms with Gasteiger partial charge in [0.05, 0.1) is 12.7 Å². The summed E-state index contributed by atoms with van der Waals surface area (Å²) in [5.41, 5.74) is 0. The fourth-order valence-electron chi connectivity index (χ4n) is 2.23. The summed E-state index contributed by atoms with van der Waals surface area (Å²) >= 11 is 0. The first-order valence-corrected chi connectivity index (χ1v) is 4.99. The Bertz CT molecular complexity index is 165. The van der Waals surface area contributed by atoms with E-state index < -0.39 is 0 Å². The molecular weight excluding hydrogens is 152 g/mol. The van der Waals surface area contributed by atoms with Crippen LogP contribution < -0.4 is 0 Å². The maximum Gasteiger partial charge on any atom is 0.163 e. The van der Waals surface area contributed by atoms with Crippen molar-refractivity contribution in [2.45, 2.75) is 51.4 Å². The standard InChI is InChI=1S/C10H18O2/c1-10(2)11-7-8-5-3-4-6-9(8)12-10/h8-9H,3-7H2,1-2H3/t8-,9+/m1/s1. The number of hydrogen-bond donors (Lipinski definition) is 0. The normalized spacial score (nSPS) is 40.5. The quantitative estimate of drug-likeness (QED) is 0.555. The molecule has 2 nitrogen and oxygen atoms in total. The minimum atomic E-state index is -0.335. The number of ether oxygens (including phenoxy) is 2. The van der Waals surface area contributed by atoms with Crippen molar-refractivity contribution < 1.29 is 9.47 Å². The van der Waals surface area contributed by atoms with Gasteiger partial charge in [-0.15, -0.1) is 0 Å². The lowest BCUT2D eigenvalue weighted by molar-refractivity contribution is -0.298. The minimum absolute atomic E-state index is 0.335. The fourth-order valence-corrected chi connectivity index (χ4v) is 2.23. The number of fused-ring (bicyclic) bond motifs is 1. The second kappa shape index (κ2) is 3.00. The van der Waals surface area contributed by atoms with Gasteiger partial charge in [0.2, 0.25) is 0 Å². The summed E-state index contributed by atoms with van der Waals surface area (Å²) in [7, 11) is 0. The highest BCUT2D eigenvalue weighted by atomic mass is 16.7. The Balaban J connectivity index is 1.99. The molecule has 0 aromatic carbocycles. The number of rotatable bonds is 0. The highest BCUT2D eigenvalue weighted by Gasteiger charge is 2.37. The van der Waals surface area contributed by atoms with E-state index in [0.29, 0.717) is 12.0 Å². The highest BCUT2D eigenvalue weighted by Crippen LogP contribution is 2.35. The summed E-state index contributed by atoms with van der Waals surface area (Å²) in [5, 5.41) is 0. The molecule has 0 aromatic heterocycles. The van der Waals surface area contributed by atoms with Crippen molar-refractivity contribution in [1.29, 1.82) is 0 Å². The highest BCUT2D eigenvalue weighted by molar-refractivity contribution is 4.81. The van der Waals surface area contributed by atoms with E-state index in [1.54, 1.807) is 0 Å². The van der Waals surface area contributed by atoms with Gasteiger partial charge in [-0.1, -0.05) is 12.8 Å². The predicted octanol–water partition coefficient (Wildman–Crippen LogP) is 2.33. The van der Waals surface area contributed by atoms with E-state index in [0.717, 1.165) is 6.61 Å². The molecule has 0 aromatic rings. The van der Waals surface area contributed by atoms with E-state index in [4.69, 9.17) is 9.47 Å². The Labute approximate surface area is 74.2 Å². The van der Waals surface area contributed by atoms with Gasteiger partial charge >= 0.3 is 0 Å². The van der Waals surface area contributed by atoms with Crippen LogP contribution in [0, 0.1) is 5.92 Å². The Kier molecular flexibility index (Phi) is 2.13. The molecule has 2 rings (SSSR count). The van der Waals surface area contributed by atoms with Crippen LogP contribution in [0.5, 0.6) is 0 Å². The molecule has 1 heterocycles. The molecule has 1 aliphatic heterocycles. The first kappa shape index (κ1) is 8.52. The van der Waals surface area contributed by atoms with Crippen LogP contribution in [0.15, 0.2) is 0 Å². The SMILES string of the molecule is CC1(C)OC[C@H]2CCCC[C@@H]2O1. The summed E-state index contributed by atoms with van der Waals surface area (Å²) in [4.78, 5) is 0. The van der Waals surface area contributed by atoms with Crippen molar-refractivity contribution in [3.8, 4) is 0 Å². The molecule has 2 atom stereocenters. The van der Waals surface area contributed by atoms with Gasteiger partial charge in [-0.25, -0.2) is 0 Å². The van der Waals surface area contributed by atoms with E-state index in [-0.39, 0.29) is 5.79 Å². The molecule has 2 heteroatoms. The first-order valence-electron chi connectivity index (χ1n) is 4.99. The third kappa shape index (κ3) is 1.64. The van der Waals surface area contributed by atoms with Gasteiger partial charge in [0.25, 0.3) is 0 Å². The van der Waals surface area contributed by atoms with Gasteiger partial charge < -0.3 is 9.47 Å². The van der Waals surface area contributed by atoms with Gasteiger partial charge in [-0.05, 0) is 26.7 Å². The molecule has 1 saturated heterocycles. The Morgan fingerprint density at radius 3 is 2.75 bits per heavy atom. The van der Waals surface area contributed by atoms with E-state index in [1.165, 1.54) is 25.7 Å². The lowest BCUT2D eigenvalue weighted by atomic mass is 9.86. The van der Waals surface area contributed by atoms with Crippen LogP contribution in [0.25, 0.3) is 0 Å². The van der Waals surface area contributed by atoms with Crippen LogP contribution in [0.1, 0.15) is 39.5 Å². The maximum absolute atomic E-state index is 5.86. The third-order valence-corrected chi connectivity index (χ3v) is 2.92. The topological polar surface area (TPSA) is 18.5 Å². The van der Waals surface area contributed by atoms with Crippen molar-refractivity contribution >= 4 is 0 Å². The molecule has 1 saturated carbocycles. The van der Waals surface area contributed by atoms with Crippen LogP contribution in [0.4, 0.5) is 0 Å². The molecule has 2 fully saturated rings. The van der Waals surface area contributed by atoms with Crippen molar-refractivity contribution in [2.24, 2.45) is 5.92 Å². The Hall–Kier alpha value is -0.0800. The van der Waals surface area contributed by atoms with E-state index in [9.17, 15) is 0 Å². The molecule has 0 N–H and O–H groups in total. The maximum atomic E-state index is 5.86. The van der Waals surface area contributed by atoms with E-state index in [2.05, 4.69) is 0 Å². The second-order valence-electron chi connectivity index (χ2n) is 4.41. The van der Waals surface area contributed by atoms with Gasteiger partial charge in [-0.3, -0.25) is 0 Å². The van der Waals surface area contributed by atoms with Crippen LogP contribution in [-0.2, 0) is 9.47 Å². The zero-order chi connectivity index (χ0) is 8.60. The summed E-state index contributed by atoms with van der Waals surface area (Å²) in [6.45, 7) is 4.92. The van der Waals surface area contributed by atoms with Crippen LogP contribution in [0.2, 0.25) is 0 Å². The summed E-state index contributed by atoms with van der Waals surface area (Å²) in [6, 6.07) is 0. The lowest BCUT2D eigenvalue weighted by Gasteiger charge is -2.43. The number of hydrogen-bond acceptors (Lipinski definition) is 2. The zero-order valence-electron chi connectivity index (χ0n) is 8.01. The molecule has 0 unspecified atom stereocenters. The smallest absolute Gasteiger partial charge is 0.163 e. The first-order chi connectivity index (χ1) is 5.67. The lowest BCUT2D eigenvalue weighted by Crippen LogP contribution is -2.46. The monoisotopic (exact) mass is 170 g/mol. The van der Waals surface area contributed by atoms with Gasteiger partial charge in [0.1, 0.15) is 0 Å². The Morgan fingerprint density at radius 2 is 1.92 bits per heavy atom. The molecule has 1 aliphatic carbocycles. The molecule has 12 heavy (non-hydrogen) atoms. The molecule has 0 radical (unpaired) electrons. The summed E-state index contributed by atoms with van der Waals surface area (Å²) in [5.74, 6) is 0.338. The zero-order valence-corrected chi connectivity index (χ0v) is 8.01. The van der Waals surface area contributed by atoms with Crippen LogP contribution in [0.3, 0.4) is 0 Å². The van der Waals surface area contributed by atoms with E-state index in [1.807, 2.05) is 13.8 Å². The average Bonchev–Trinajstić information content (AvgIpc) is 2.02. The van der Waals surface area contributed by atoms with Crippen molar-refractivity contribution in [2.75, 3.05) is 6.61 Å². The van der Waals surface area contributed by atoms with Crippen LogP contribution in [-0.4, -0.2) is 18.5 Å². The molecule has 0 bridgehead atoms. The fraction of sp³-hybridized carbons (Fsp3) is 1.00.